The number of rotatable bonds is 5. The monoisotopic (exact) mass is 439 g/mol. The van der Waals surface area contributed by atoms with Crippen molar-refractivity contribution in [2.45, 2.75) is 13.8 Å². The van der Waals surface area contributed by atoms with Gasteiger partial charge in [0, 0.05) is 15.7 Å². The van der Waals surface area contributed by atoms with Gasteiger partial charge in [0.25, 0.3) is 11.8 Å². The van der Waals surface area contributed by atoms with Crippen LogP contribution >= 0.6 is 15.9 Å². The summed E-state index contributed by atoms with van der Waals surface area (Å²) in [6, 6.07) is 17.6. The van der Waals surface area contributed by atoms with Gasteiger partial charge in [-0.1, -0.05) is 34.1 Å². The highest BCUT2D eigenvalue weighted by Gasteiger charge is 2.11. The minimum absolute atomic E-state index is 0.245. The van der Waals surface area contributed by atoms with E-state index >= 15 is 0 Å². The zero-order valence-corrected chi connectivity index (χ0v) is 16.9. The van der Waals surface area contributed by atoms with Gasteiger partial charge in [-0.05, 0) is 61.9 Å². The molecular formula is C21H18BrN3O3. The van der Waals surface area contributed by atoms with Gasteiger partial charge in [-0.15, -0.1) is 0 Å². The van der Waals surface area contributed by atoms with Crippen LogP contribution in [0, 0.1) is 6.92 Å². The summed E-state index contributed by atoms with van der Waals surface area (Å²) in [7, 11) is 0. The number of amides is 2. The van der Waals surface area contributed by atoms with Gasteiger partial charge in [0.2, 0.25) is 0 Å². The Labute approximate surface area is 170 Å². The Morgan fingerprint density at radius 1 is 0.964 bits per heavy atom. The van der Waals surface area contributed by atoms with Crippen LogP contribution in [0.5, 0.6) is 0 Å². The molecule has 0 atom stereocenters. The number of hydrogen-bond acceptors (Lipinski definition) is 4. The van der Waals surface area contributed by atoms with E-state index in [1.54, 1.807) is 62.4 Å². The van der Waals surface area contributed by atoms with Gasteiger partial charge >= 0.3 is 0 Å². The zero-order valence-electron chi connectivity index (χ0n) is 15.3. The average molecular weight is 440 g/mol. The number of nitrogens with one attached hydrogen (secondary N) is 2. The molecule has 0 bridgehead atoms. The lowest BCUT2D eigenvalue weighted by molar-refractivity contribution is 0.0953. The number of anilines is 1. The van der Waals surface area contributed by atoms with Crippen LogP contribution in [0.1, 0.15) is 39.2 Å². The third-order valence-electron chi connectivity index (χ3n) is 3.91. The van der Waals surface area contributed by atoms with Gasteiger partial charge in [-0.3, -0.25) is 9.59 Å². The number of carbonyl (C=O) groups excluding carboxylic acids is 2. The van der Waals surface area contributed by atoms with Crippen molar-refractivity contribution in [1.29, 1.82) is 0 Å². The predicted octanol–water partition coefficient (Wildman–Crippen LogP) is 4.76. The summed E-state index contributed by atoms with van der Waals surface area (Å²) in [6.45, 7) is 3.55. The summed E-state index contributed by atoms with van der Waals surface area (Å²) < 4.78 is 6.14. The van der Waals surface area contributed by atoms with Crippen molar-refractivity contribution in [2.75, 3.05) is 5.32 Å². The normalized spacial score (nSPS) is 11.2. The average Bonchev–Trinajstić information content (AvgIpc) is 3.12. The molecule has 0 radical (unpaired) electrons. The lowest BCUT2D eigenvalue weighted by Crippen LogP contribution is -2.19. The second-order valence-electron chi connectivity index (χ2n) is 6.09. The maximum absolute atomic E-state index is 12.2. The fourth-order valence-corrected chi connectivity index (χ4v) is 2.86. The molecule has 2 aromatic carbocycles. The third-order valence-corrected chi connectivity index (χ3v) is 4.41. The number of benzene rings is 2. The van der Waals surface area contributed by atoms with E-state index in [9.17, 15) is 9.59 Å². The molecule has 0 aliphatic heterocycles. The standard InChI is InChI=1S/C21H18BrN3O3/c1-13-9-10-19(28-13)21(27)23-18-8-4-5-15(12-18)14(2)24-25-20(26)16-6-3-7-17(22)11-16/h3-12H,1-2H3,(H,23,27)(H,25,26)/b24-14-. The smallest absolute Gasteiger partial charge is 0.291 e. The molecule has 28 heavy (non-hydrogen) atoms. The molecule has 0 aliphatic carbocycles. The molecule has 1 heterocycles. The second kappa shape index (κ2) is 8.67. The lowest BCUT2D eigenvalue weighted by atomic mass is 10.1. The number of aryl methyl sites for hydroxylation is 1. The fourth-order valence-electron chi connectivity index (χ4n) is 2.46. The Kier molecular flexibility index (Phi) is 6.06. The summed E-state index contributed by atoms with van der Waals surface area (Å²) >= 11 is 3.34. The summed E-state index contributed by atoms with van der Waals surface area (Å²) in [4.78, 5) is 24.4. The molecule has 2 N–H and O–H groups in total. The number of nitrogens with zero attached hydrogens (tertiary/aromatic N) is 1. The van der Waals surface area contributed by atoms with E-state index in [0.29, 0.717) is 22.7 Å². The Balaban J connectivity index is 1.69. The highest BCUT2D eigenvalue weighted by Crippen LogP contribution is 2.15. The quantitative estimate of drug-likeness (QED) is 0.444. The number of furan rings is 1. The number of hydrogen-bond donors (Lipinski definition) is 2. The van der Waals surface area contributed by atoms with E-state index in [4.69, 9.17) is 4.42 Å². The molecule has 0 saturated heterocycles. The SMILES string of the molecule is C/C(=N/NC(=O)c1cccc(Br)c1)c1cccc(NC(=O)c2ccc(C)o2)c1. The molecule has 0 saturated carbocycles. The number of halogens is 1. The Hall–Kier alpha value is -3.19. The van der Waals surface area contributed by atoms with Crippen molar-refractivity contribution in [1.82, 2.24) is 5.43 Å². The van der Waals surface area contributed by atoms with E-state index < -0.39 is 0 Å². The first-order valence-corrected chi connectivity index (χ1v) is 9.30. The Morgan fingerprint density at radius 3 is 2.43 bits per heavy atom. The first kappa shape index (κ1) is 19.6. The summed E-state index contributed by atoms with van der Waals surface area (Å²) in [5.74, 6) is 0.277. The molecule has 7 heteroatoms. The largest absolute Gasteiger partial charge is 0.456 e. The Bertz CT molecular complexity index is 1060. The fraction of sp³-hybridized carbons (Fsp3) is 0.0952. The van der Waals surface area contributed by atoms with E-state index in [-0.39, 0.29) is 17.6 Å². The summed E-state index contributed by atoms with van der Waals surface area (Å²) in [6.07, 6.45) is 0. The Morgan fingerprint density at radius 2 is 1.71 bits per heavy atom. The van der Waals surface area contributed by atoms with Crippen LogP contribution in [0.2, 0.25) is 0 Å². The van der Waals surface area contributed by atoms with Crippen LogP contribution in [0.3, 0.4) is 0 Å². The number of carbonyl (C=O) groups is 2. The molecular weight excluding hydrogens is 422 g/mol. The van der Waals surface area contributed by atoms with Gasteiger partial charge in [-0.25, -0.2) is 5.43 Å². The van der Waals surface area contributed by atoms with Gasteiger partial charge in [0.05, 0.1) is 5.71 Å². The highest BCUT2D eigenvalue weighted by molar-refractivity contribution is 9.10. The summed E-state index contributed by atoms with van der Waals surface area (Å²) in [5.41, 5.74) is 5.01. The minimum atomic E-state index is -0.331. The van der Waals surface area contributed by atoms with E-state index in [1.807, 2.05) is 12.1 Å². The minimum Gasteiger partial charge on any atom is -0.456 e. The zero-order chi connectivity index (χ0) is 20.1. The van der Waals surface area contributed by atoms with Crippen molar-refractivity contribution in [3.05, 3.63) is 87.8 Å². The molecule has 0 unspecified atom stereocenters. The van der Waals surface area contributed by atoms with Gasteiger partial charge in [-0.2, -0.15) is 5.10 Å². The van der Waals surface area contributed by atoms with E-state index in [2.05, 4.69) is 31.8 Å². The van der Waals surface area contributed by atoms with Crippen LogP contribution in [-0.4, -0.2) is 17.5 Å². The van der Waals surface area contributed by atoms with Gasteiger partial charge in [0.15, 0.2) is 5.76 Å². The second-order valence-corrected chi connectivity index (χ2v) is 7.01. The first-order chi connectivity index (χ1) is 13.4. The van der Waals surface area contributed by atoms with Crippen LogP contribution in [0.4, 0.5) is 5.69 Å². The van der Waals surface area contributed by atoms with Gasteiger partial charge < -0.3 is 9.73 Å². The van der Waals surface area contributed by atoms with Crippen molar-refractivity contribution >= 4 is 39.1 Å². The lowest BCUT2D eigenvalue weighted by Gasteiger charge is -2.07. The van der Waals surface area contributed by atoms with Crippen LogP contribution < -0.4 is 10.7 Å². The first-order valence-electron chi connectivity index (χ1n) is 8.51. The molecule has 142 valence electrons. The maximum Gasteiger partial charge on any atom is 0.291 e. The van der Waals surface area contributed by atoms with Crippen molar-refractivity contribution in [3.8, 4) is 0 Å². The van der Waals surface area contributed by atoms with Crippen molar-refractivity contribution in [2.24, 2.45) is 5.10 Å². The van der Waals surface area contributed by atoms with Crippen LogP contribution in [0.25, 0.3) is 0 Å². The van der Waals surface area contributed by atoms with Crippen molar-refractivity contribution in [3.63, 3.8) is 0 Å². The highest BCUT2D eigenvalue weighted by atomic mass is 79.9. The predicted molar refractivity (Wildman–Crippen MR) is 112 cm³/mol. The third kappa shape index (κ3) is 4.95. The molecule has 2 amide bonds. The molecule has 0 aliphatic rings. The molecule has 1 aromatic heterocycles. The molecule has 3 aromatic rings. The topological polar surface area (TPSA) is 83.7 Å². The molecule has 3 rings (SSSR count). The van der Waals surface area contributed by atoms with Gasteiger partial charge in [0.1, 0.15) is 5.76 Å². The number of hydrazone groups is 1. The van der Waals surface area contributed by atoms with Crippen LogP contribution in [-0.2, 0) is 0 Å². The maximum atomic E-state index is 12.2. The molecule has 0 spiro atoms. The summed E-state index contributed by atoms with van der Waals surface area (Å²) in [5, 5.41) is 6.94. The van der Waals surface area contributed by atoms with Crippen molar-refractivity contribution < 1.29 is 14.0 Å². The van der Waals surface area contributed by atoms with Crippen LogP contribution in [0.15, 0.2) is 74.7 Å². The van der Waals surface area contributed by atoms with E-state index in [1.165, 1.54) is 0 Å². The van der Waals surface area contributed by atoms with E-state index in [0.717, 1.165) is 10.0 Å². The molecule has 6 nitrogen and oxygen atoms in total. The molecule has 0 fully saturated rings.